The number of nitro groups is 1. The molecule has 108 valence electrons. The third-order valence-electron chi connectivity index (χ3n) is 2.95. The van der Waals surface area contributed by atoms with Crippen molar-refractivity contribution in [2.24, 2.45) is 0 Å². The molecule has 1 heterocycles. The minimum Gasteiger partial charge on any atom is -0.344 e. The fourth-order valence-electron chi connectivity index (χ4n) is 2.09. The van der Waals surface area contributed by atoms with E-state index in [9.17, 15) is 23.3 Å². The van der Waals surface area contributed by atoms with Crippen LogP contribution in [0.3, 0.4) is 0 Å². The van der Waals surface area contributed by atoms with Crippen LogP contribution in [0, 0.1) is 24.0 Å². The van der Waals surface area contributed by atoms with Crippen LogP contribution < -0.4 is 4.90 Å². The van der Waals surface area contributed by atoms with E-state index in [2.05, 4.69) is 4.74 Å². The molecule has 0 N–H and O–H groups in total. The lowest BCUT2D eigenvalue weighted by Crippen LogP contribution is -2.42. The van der Waals surface area contributed by atoms with E-state index in [1.54, 1.807) is 0 Å². The maximum absolute atomic E-state index is 12.8. The standard InChI is InChI=1S/C12H11F3N2O3/c1-7-5-9(3-4-10(7)17(18)19)16-6-8(2)20-11(16)12(13,14)15/h2-5,8,11H,6H2,1H3/t8-,11-/m0/s1. The van der Waals surface area contributed by atoms with Crippen LogP contribution in [0.1, 0.15) is 5.56 Å². The molecule has 1 aliphatic heterocycles. The Morgan fingerprint density at radius 1 is 1.50 bits per heavy atom. The van der Waals surface area contributed by atoms with E-state index >= 15 is 0 Å². The molecule has 2 rings (SSSR count). The fourth-order valence-corrected chi connectivity index (χ4v) is 2.09. The number of hydrogen-bond acceptors (Lipinski definition) is 4. The highest BCUT2D eigenvalue weighted by atomic mass is 19.4. The first-order valence-electron chi connectivity index (χ1n) is 5.69. The number of alkyl halides is 3. The largest absolute Gasteiger partial charge is 0.433 e. The normalized spacial score (nSPS) is 23.1. The molecule has 2 atom stereocenters. The topological polar surface area (TPSA) is 55.6 Å². The number of hydrogen-bond donors (Lipinski definition) is 0. The van der Waals surface area contributed by atoms with Crippen molar-refractivity contribution in [3.05, 3.63) is 40.8 Å². The van der Waals surface area contributed by atoms with E-state index in [1.807, 2.05) is 0 Å². The monoisotopic (exact) mass is 288 g/mol. The van der Waals surface area contributed by atoms with E-state index < -0.39 is 23.4 Å². The van der Waals surface area contributed by atoms with Crippen molar-refractivity contribution >= 4 is 11.4 Å². The molecule has 20 heavy (non-hydrogen) atoms. The van der Waals surface area contributed by atoms with E-state index in [0.717, 1.165) is 4.90 Å². The Kier molecular flexibility index (Phi) is 3.59. The third-order valence-corrected chi connectivity index (χ3v) is 2.95. The number of aryl methyl sites for hydroxylation is 1. The second-order valence-electron chi connectivity index (χ2n) is 4.45. The number of ether oxygens (including phenoxy) is 1. The summed E-state index contributed by atoms with van der Waals surface area (Å²) in [5, 5.41) is 10.7. The SMILES string of the molecule is [CH][C@H]1CN(c2ccc([N+](=O)[O-])c(C)c2)[C@H](C(F)(F)F)O1. The first-order valence-corrected chi connectivity index (χ1v) is 5.69. The molecule has 1 aromatic carbocycles. The van der Waals surface area contributed by atoms with Gasteiger partial charge in [-0.25, -0.2) is 0 Å². The number of anilines is 1. The van der Waals surface area contributed by atoms with Gasteiger partial charge in [0.15, 0.2) is 0 Å². The van der Waals surface area contributed by atoms with Crippen molar-refractivity contribution in [2.75, 3.05) is 11.4 Å². The minimum absolute atomic E-state index is 0.137. The van der Waals surface area contributed by atoms with Crippen LogP contribution >= 0.6 is 0 Å². The lowest BCUT2D eigenvalue weighted by Gasteiger charge is -2.26. The van der Waals surface area contributed by atoms with Crippen molar-refractivity contribution in [3.63, 3.8) is 0 Å². The lowest BCUT2D eigenvalue weighted by molar-refractivity contribution is -0.385. The zero-order valence-electron chi connectivity index (χ0n) is 10.4. The highest BCUT2D eigenvalue weighted by molar-refractivity contribution is 5.56. The molecule has 2 radical (unpaired) electrons. The van der Waals surface area contributed by atoms with Crippen LogP contribution in [0.4, 0.5) is 24.5 Å². The number of benzene rings is 1. The molecule has 0 saturated carbocycles. The maximum atomic E-state index is 12.8. The van der Waals surface area contributed by atoms with Crippen molar-refractivity contribution < 1.29 is 22.8 Å². The molecule has 1 fully saturated rings. The Morgan fingerprint density at radius 2 is 2.15 bits per heavy atom. The molecule has 0 bridgehead atoms. The van der Waals surface area contributed by atoms with Crippen molar-refractivity contribution in [2.45, 2.75) is 25.4 Å². The fraction of sp³-hybridized carbons (Fsp3) is 0.417. The van der Waals surface area contributed by atoms with Gasteiger partial charge in [0.05, 0.1) is 11.0 Å². The van der Waals surface area contributed by atoms with E-state index in [1.165, 1.54) is 25.1 Å². The Labute approximate surface area is 113 Å². The molecule has 0 aliphatic carbocycles. The summed E-state index contributed by atoms with van der Waals surface area (Å²) >= 11 is 0. The summed E-state index contributed by atoms with van der Waals surface area (Å²) in [6.07, 6.45) is -7.79. The van der Waals surface area contributed by atoms with Crippen LogP contribution in [0.25, 0.3) is 0 Å². The van der Waals surface area contributed by atoms with Crippen LogP contribution in [-0.4, -0.2) is 30.0 Å². The smallest absolute Gasteiger partial charge is 0.344 e. The summed E-state index contributed by atoms with van der Waals surface area (Å²) in [6, 6.07) is 3.74. The number of halogens is 3. The van der Waals surface area contributed by atoms with Crippen molar-refractivity contribution in [3.8, 4) is 0 Å². The molecule has 1 aromatic rings. The molecule has 0 spiro atoms. The van der Waals surface area contributed by atoms with Gasteiger partial charge >= 0.3 is 6.18 Å². The lowest BCUT2D eigenvalue weighted by atomic mass is 10.1. The molecule has 1 aliphatic rings. The summed E-state index contributed by atoms with van der Waals surface area (Å²) in [4.78, 5) is 11.1. The third kappa shape index (κ3) is 2.69. The summed E-state index contributed by atoms with van der Waals surface area (Å²) < 4.78 is 43.2. The van der Waals surface area contributed by atoms with Gasteiger partial charge in [0.1, 0.15) is 0 Å². The van der Waals surface area contributed by atoms with Gasteiger partial charge in [-0.3, -0.25) is 10.1 Å². The van der Waals surface area contributed by atoms with Gasteiger partial charge in [0.2, 0.25) is 6.23 Å². The molecular formula is C12H11F3N2O3. The summed E-state index contributed by atoms with van der Waals surface area (Å²) in [5.74, 6) is 0. The highest BCUT2D eigenvalue weighted by Crippen LogP contribution is 2.36. The molecule has 1 saturated heterocycles. The predicted octanol–water partition coefficient (Wildman–Crippen LogP) is 2.71. The summed E-state index contributed by atoms with van der Waals surface area (Å²) in [6.45, 7) is 6.72. The average Bonchev–Trinajstić information content (AvgIpc) is 2.70. The Hall–Kier alpha value is -1.83. The van der Waals surface area contributed by atoms with Crippen molar-refractivity contribution in [1.29, 1.82) is 0 Å². The van der Waals surface area contributed by atoms with Crippen LogP contribution in [0.5, 0.6) is 0 Å². The Bertz CT molecular complexity index is 533. The maximum Gasteiger partial charge on any atom is 0.433 e. The summed E-state index contributed by atoms with van der Waals surface area (Å²) in [7, 11) is 0. The average molecular weight is 288 g/mol. The van der Waals surface area contributed by atoms with Crippen LogP contribution in [0.2, 0.25) is 0 Å². The summed E-state index contributed by atoms with van der Waals surface area (Å²) in [5.41, 5.74) is 0.305. The van der Waals surface area contributed by atoms with Gasteiger partial charge in [0.25, 0.3) is 5.69 Å². The van der Waals surface area contributed by atoms with Crippen LogP contribution in [-0.2, 0) is 4.74 Å². The molecule has 0 amide bonds. The van der Waals surface area contributed by atoms with E-state index in [0.29, 0.717) is 0 Å². The molecule has 5 nitrogen and oxygen atoms in total. The van der Waals surface area contributed by atoms with Crippen LogP contribution in [0.15, 0.2) is 18.2 Å². The number of nitrogens with zero attached hydrogens (tertiary/aromatic N) is 2. The molecule has 0 aromatic heterocycles. The van der Waals surface area contributed by atoms with Gasteiger partial charge in [-0.1, -0.05) is 0 Å². The quantitative estimate of drug-likeness (QED) is 0.620. The van der Waals surface area contributed by atoms with E-state index in [-0.39, 0.29) is 23.5 Å². The number of nitro benzene ring substituents is 1. The van der Waals surface area contributed by atoms with Crippen molar-refractivity contribution in [1.82, 2.24) is 0 Å². The van der Waals surface area contributed by atoms with Gasteiger partial charge in [-0.15, -0.1) is 0 Å². The zero-order chi connectivity index (χ0) is 15.1. The minimum atomic E-state index is -4.59. The second-order valence-corrected chi connectivity index (χ2v) is 4.45. The highest BCUT2D eigenvalue weighted by Gasteiger charge is 2.50. The first-order chi connectivity index (χ1) is 9.20. The first kappa shape index (κ1) is 14.6. The van der Waals surface area contributed by atoms with Gasteiger partial charge in [-0.2, -0.15) is 13.2 Å². The molecule has 8 heteroatoms. The zero-order valence-corrected chi connectivity index (χ0v) is 10.4. The van der Waals surface area contributed by atoms with E-state index in [4.69, 9.17) is 6.92 Å². The van der Waals surface area contributed by atoms with Gasteiger partial charge < -0.3 is 9.64 Å². The molecular weight excluding hydrogens is 277 g/mol. The second kappa shape index (κ2) is 4.93. The molecule has 0 unspecified atom stereocenters. The predicted molar refractivity (Wildman–Crippen MR) is 64.2 cm³/mol. The Morgan fingerprint density at radius 3 is 2.65 bits per heavy atom. The number of rotatable bonds is 2. The van der Waals surface area contributed by atoms with Gasteiger partial charge in [0, 0.05) is 23.9 Å². The Balaban J connectivity index is 2.35. The van der Waals surface area contributed by atoms with Gasteiger partial charge in [-0.05, 0) is 26.0 Å².